The number of carbonyl (C=O) groups excluding carboxylic acids is 1. The van der Waals surface area contributed by atoms with Crippen molar-refractivity contribution in [1.82, 2.24) is 0 Å². The van der Waals surface area contributed by atoms with E-state index in [1.807, 2.05) is 0 Å². The summed E-state index contributed by atoms with van der Waals surface area (Å²) in [4.78, 5) is 11.5. The third-order valence-electron chi connectivity index (χ3n) is 2.53. The second-order valence-corrected chi connectivity index (χ2v) is 3.71. The van der Waals surface area contributed by atoms with Gasteiger partial charge in [-0.1, -0.05) is 0 Å². The van der Waals surface area contributed by atoms with Crippen LogP contribution in [0, 0.1) is 5.92 Å². The molecule has 5 heteroatoms. The normalized spacial score (nSPS) is 22.7. The number of ether oxygens (including phenoxy) is 2. The summed E-state index contributed by atoms with van der Waals surface area (Å²) in [6, 6.07) is 0. The molecule has 0 saturated carbocycles. The molecular weight excluding hydrogens is 198 g/mol. The zero-order valence-electron chi connectivity index (χ0n) is 8.85. The van der Waals surface area contributed by atoms with Crippen LogP contribution in [0.5, 0.6) is 0 Å². The van der Waals surface area contributed by atoms with E-state index >= 15 is 0 Å². The van der Waals surface area contributed by atoms with Crippen molar-refractivity contribution in [2.24, 2.45) is 11.7 Å². The van der Waals surface area contributed by atoms with Crippen LogP contribution < -0.4 is 5.73 Å². The summed E-state index contributed by atoms with van der Waals surface area (Å²) in [6.45, 7) is 1.22. The average molecular weight is 217 g/mol. The van der Waals surface area contributed by atoms with Gasteiger partial charge < -0.3 is 20.3 Å². The Bertz CT molecular complexity index is 192. The van der Waals surface area contributed by atoms with E-state index in [4.69, 9.17) is 20.3 Å². The first-order valence-corrected chi connectivity index (χ1v) is 5.37. The van der Waals surface area contributed by atoms with Gasteiger partial charge in [0.1, 0.15) is 6.61 Å². The predicted octanol–water partition coefficient (Wildman–Crippen LogP) is -0.334. The van der Waals surface area contributed by atoms with Gasteiger partial charge in [-0.15, -0.1) is 0 Å². The first-order chi connectivity index (χ1) is 7.27. The van der Waals surface area contributed by atoms with Crippen LogP contribution in [0.15, 0.2) is 0 Å². The second kappa shape index (κ2) is 6.76. The maximum Gasteiger partial charge on any atom is 0.310 e. The van der Waals surface area contributed by atoms with Crippen LogP contribution in [0.1, 0.15) is 19.3 Å². The largest absolute Gasteiger partial charge is 0.463 e. The molecule has 88 valence electrons. The van der Waals surface area contributed by atoms with E-state index in [0.717, 1.165) is 19.4 Å². The lowest BCUT2D eigenvalue weighted by atomic mass is 10.1. The minimum absolute atomic E-state index is 0.0431. The molecule has 1 saturated heterocycles. The van der Waals surface area contributed by atoms with Crippen LogP contribution in [-0.4, -0.2) is 43.5 Å². The highest BCUT2D eigenvalue weighted by Crippen LogP contribution is 2.13. The van der Waals surface area contributed by atoms with Gasteiger partial charge in [-0.3, -0.25) is 4.79 Å². The number of aliphatic hydroxyl groups excluding tert-OH is 1. The first-order valence-electron chi connectivity index (χ1n) is 5.37. The lowest BCUT2D eigenvalue weighted by Gasteiger charge is -2.15. The standard InChI is InChI=1S/C10H19NO4/c11-6-8(3-4-12)10(13)15-7-9-2-1-5-14-9/h8-9,12H,1-7,11H2. The summed E-state index contributed by atoms with van der Waals surface area (Å²) in [6.07, 6.45) is 2.38. The summed E-state index contributed by atoms with van der Waals surface area (Å²) in [5.74, 6) is -0.724. The Morgan fingerprint density at radius 3 is 3.00 bits per heavy atom. The zero-order chi connectivity index (χ0) is 11.1. The number of hydrogen-bond donors (Lipinski definition) is 2. The number of hydrogen-bond acceptors (Lipinski definition) is 5. The lowest BCUT2D eigenvalue weighted by molar-refractivity contribution is -0.152. The van der Waals surface area contributed by atoms with Crippen molar-refractivity contribution in [2.45, 2.75) is 25.4 Å². The van der Waals surface area contributed by atoms with Crippen molar-refractivity contribution in [3.63, 3.8) is 0 Å². The number of rotatable bonds is 6. The number of esters is 1. The molecule has 1 rings (SSSR count). The maximum atomic E-state index is 11.5. The van der Waals surface area contributed by atoms with Gasteiger partial charge >= 0.3 is 5.97 Å². The molecule has 0 bridgehead atoms. The molecule has 0 radical (unpaired) electrons. The molecule has 0 aromatic rings. The van der Waals surface area contributed by atoms with Crippen molar-refractivity contribution in [3.05, 3.63) is 0 Å². The van der Waals surface area contributed by atoms with E-state index in [2.05, 4.69) is 0 Å². The van der Waals surface area contributed by atoms with Gasteiger partial charge in [0.2, 0.25) is 0 Å². The fourth-order valence-corrected chi connectivity index (χ4v) is 1.56. The highest BCUT2D eigenvalue weighted by Gasteiger charge is 2.21. The lowest BCUT2D eigenvalue weighted by Crippen LogP contribution is -2.29. The number of aliphatic hydroxyl groups is 1. The summed E-state index contributed by atoms with van der Waals surface area (Å²) in [5, 5.41) is 8.71. The molecule has 1 heterocycles. The van der Waals surface area contributed by atoms with Crippen LogP contribution in [0.25, 0.3) is 0 Å². The van der Waals surface area contributed by atoms with E-state index < -0.39 is 5.92 Å². The van der Waals surface area contributed by atoms with Gasteiger partial charge in [0.05, 0.1) is 12.0 Å². The highest BCUT2D eigenvalue weighted by molar-refractivity contribution is 5.72. The minimum Gasteiger partial charge on any atom is -0.463 e. The molecule has 5 nitrogen and oxygen atoms in total. The van der Waals surface area contributed by atoms with Gasteiger partial charge in [0.15, 0.2) is 0 Å². The van der Waals surface area contributed by atoms with Gasteiger partial charge in [-0.05, 0) is 19.3 Å². The minimum atomic E-state index is -0.392. The number of carbonyl (C=O) groups is 1. The van der Waals surface area contributed by atoms with Crippen molar-refractivity contribution < 1.29 is 19.4 Å². The van der Waals surface area contributed by atoms with Crippen LogP contribution in [0.4, 0.5) is 0 Å². The van der Waals surface area contributed by atoms with Crippen molar-refractivity contribution >= 4 is 5.97 Å². The van der Waals surface area contributed by atoms with E-state index in [0.29, 0.717) is 13.0 Å². The predicted molar refractivity (Wildman–Crippen MR) is 54.2 cm³/mol. The SMILES string of the molecule is NCC(CCO)C(=O)OCC1CCCO1. The zero-order valence-corrected chi connectivity index (χ0v) is 8.85. The second-order valence-electron chi connectivity index (χ2n) is 3.71. The smallest absolute Gasteiger partial charge is 0.310 e. The molecule has 0 aromatic carbocycles. The molecule has 2 unspecified atom stereocenters. The van der Waals surface area contributed by atoms with E-state index in [1.165, 1.54) is 0 Å². The van der Waals surface area contributed by atoms with Gasteiger partial charge in [-0.2, -0.15) is 0 Å². The Balaban J connectivity index is 2.20. The summed E-state index contributed by atoms with van der Waals surface area (Å²) in [5.41, 5.74) is 5.40. The van der Waals surface area contributed by atoms with Crippen LogP contribution in [0.2, 0.25) is 0 Å². The van der Waals surface area contributed by atoms with Gasteiger partial charge in [0.25, 0.3) is 0 Å². The Morgan fingerprint density at radius 2 is 2.47 bits per heavy atom. The molecule has 1 aliphatic rings. The Labute approximate surface area is 89.5 Å². The highest BCUT2D eigenvalue weighted by atomic mass is 16.6. The Hall–Kier alpha value is -0.650. The van der Waals surface area contributed by atoms with E-state index in [9.17, 15) is 4.79 Å². The van der Waals surface area contributed by atoms with Gasteiger partial charge in [-0.25, -0.2) is 0 Å². The van der Waals surface area contributed by atoms with E-state index in [-0.39, 0.29) is 25.2 Å². The maximum absolute atomic E-state index is 11.5. The summed E-state index contributed by atoms with van der Waals surface area (Å²) >= 11 is 0. The van der Waals surface area contributed by atoms with Crippen molar-refractivity contribution in [3.8, 4) is 0 Å². The summed E-state index contributed by atoms with van der Waals surface area (Å²) < 4.78 is 10.4. The van der Waals surface area contributed by atoms with Crippen LogP contribution in [0.3, 0.4) is 0 Å². The molecule has 0 spiro atoms. The molecule has 0 aliphatic carbocycles. The van der Waals surface area contributed by atoms with Crippen molar-refractivity contribution in [1.29, 1.82) is 0 Å². The molecule has 3 N–H and O–H groups in total. The Morgan fingerprint density at radius 1 is 1.67 bits per heavy atom. The molecule has 1 aliphatic heterocycles. The molecule has 0 amide bonds. The topological polar surface area (TPSA) is 81.8 Å². The quantitative estimate of drug-likeness (QED) is 0.595. The average Bonchev–Trinajstić information content (AvgIpc) is 2.75. The molecule has 0 aromatic heterocycles. The number of nitrogens with two attached hydrogens (primary N) is 1. The van der Waals surface area contributed by atoms with Gasteiger partial charge in [0, 0.05) is 19.8 Å². The fourth-order valence-electron chi connectivity index (χ4n) is 1.56. The molecule has 1 fully saturated rings. The third kappa shape index (κ3) is 4.15. The fraction of sp³-hybridized carbons (Fsp3) is 0.900. The molecule has 2 atom stereocenters. The van der Waals surface area contributed by atoms with Crippen LogP contribution in [-0.2, 0) is 14.3 Å². The first kappa shape index (κ1) is 12.4. The van der Waals surface area contributed by atoms with E-state index in [1.54, 1.807) is 0 Å². The van der Waals surface area contributed by atoms with Crippen molar-refractivity contribution in [2.75, 3.05) is 26.4 Å². The monoisotopic (exact) mass is 217 g/mol. The van der Waals surface area contributed by atoms with Crippen LogP contribution >= 0.6 is 0 Å². The Kier molecular flexibility index (Phi) is 5.60. The molecule has 15 heavy (non-hydrogen) atoms. The summed E-state index contributed by atoms with van der Waals surface area (Å²) in [7, 11) is 0. The molecular formula is C10H19NO4. The third-order valence-corrected chi connectivity index (χ3v) is 2.53.